The van der Waals surface area contributed by atoms with Crippen LogP contribution < -0.4 is 4.90 Å². The van der Waals surface area contributed by atoms with Crippen LogP contribution in [0.5, 0.6) is 0 Å². The lowest BCUT2D eigenvalue weighted by atomic mass is 9.94. The van der Waals surface area contributed by atoms with Gasteiger partial charge in [0.25, 0.3) is 6.01 Å². The van der Waals surface area contributed by atoms with E-state index in [2.05, 4.69) is 20.1 Å². The van der Waals surface area contributed by atoms with Crippen molar-refractivity contribution in [2.24, 2.45) is 5.92 Å². The van der Waals surface area contributed by atoms with E-state index in [4.69, 9.17) is 4.42 Å². The molecule has 1 unspecified atom stereocenters. The van der Waals surface area contributed by atoms with E-state index in [0.29, 0.717) is 48.3 Å². The number of anilines is 1. The van der Waals surface area contributed by atoms with Crippen LogP contribution in [0.25, 0.3) is 11.2 Å². The molecule has 0 N–H and O–H groups in total. The van der Waals surface area contributed by atoms with E-state index in [1.807, 2.05) is 17.9 Å². The number of oxazole rings is 1. The molecule has 4 rings (SSSR count). The Hall–Kier alpha value is -2.65. The lowest BCUT2D eigenvalue weighted by Crippen LogP contribution is -2.37. The first-order valence-electron chi connectivity index (χ1n) is 9.37. The standard InChI is InChI=1S/C18H21F3N6O/c1-2-14-23-15(27(25-14)11-18(19,20)21)9-12-5-4-8-26(10-12)17-24-16-13(28-17)6-3-7-22-16/h3,6-7,12H,2,4-5,8-11H2,1H3. The van der Waals surface area contributed by atoms with Crippen LogP contribution in [0.15, 0.2) is 22.7 Å². The van der Waals surface area contributed by atoms with Crippen LogP contribution in [-0.4, -0.2) is 44.0 Å². The molecule has 10 heteroatoms. The molecule has 1 aliphatic rings. The molecule has 1 atom stereocenters. The highest BCUT2D eigenvalue weighted by atomic mass is 19.4. The quantitative estimate of drug-likeness (QED) is 0.661. The molecule has 0 spiro atoms. The predicted molar refractivity (Wildman–Crippen MR) is 95.9 cm³/mol. The van der Waals surface area contributed by atoms with Crippen LogP contribution in [0.2, 0.25) is 0 Å². The Labute approximate surface area is 159 Å². The van der Waals surface area contributed by atoms with Crippen LogP contribution in [0.1, 0.15) is 31.4 Å². The van der Waals surface area contributed by atoms with Crippen LogP contribution in [0.3, 0.4) is 0 Å². The Morgan fingerprint density at radius 3 is 2.89 bits per heavy atom. The largest absolute Gasteiger partial charge is 0.422 e. The van der Waals surface area contributed by atoms with Crippen LogP contribution in [0.4, 0.5) is 19.2 Å². The lowest BCUT2D eigenvalue weighted by molar-refractivity contribution is -0.143. The highest BCUT2D eigenvalue weighted by Gasteiger charge is 2.31. The summed E-state index contributed by atoms with van der Waals surface area (Å²) < 4.78 is 45.4. The van der Waals surface area contributed by atoms with Gasteiger partial charge in [0.15, 0.2) is 11.4 Å². The number of piperidine rings is 1. The van der Waals surface area contributed by atoms with Crippen molar-refractivity contribution in [3.05, 3.63) is 30.0 Å². The van der Waals surface area contributed by atoms with E-state index >= 15 is 0 Å². The summed E-state index contributed by atoms with van der Waals surface area (Å²) in [6.07, 6.45) is 0.104. The number of hydrogen-bond donors (Lipinski definition) is 0. The van der Waals surface area contributed by atoms with Gasteiger partial charge in [0.05, 0.1) is 0 Å². The number of hydrogen-bond acceptors (Lipinski definition) is 6. The van der Waals surface area contributed by atoms with Gasteiger partial charge in [0.1, 0.15) is 12.4 Å². The molecule has 28 heavy (non-hydrogen) atoms. The highest BCUT2D eigenvalue weighted by Crippen LogP contribution is 2.27. The van der Waals surface area contributed by atoms with Gasteiger partial charge in [-0.1, -0.05) is 6.92 Å². The maximum Gasteiger partial charge on any atom is 0.408 e. The first kappa shape index (κ1) is 18.7. The molecule has 1 fully saturated rings. The van der Waals surface area contributed by atoms with Gasteiger partial charge in [0, 0.05) is 32.1 Å². The van der Waals surface area contributed by atoms with Crippen molar-refractivity contribution >= 4 is 17.2 Å². The number of halogens is 3. The van der Waals surface area contributed by atoms with Crippen molar-refractivity contribution in [2.75, 3.05) is 18.0 Å². The number of pyridine rings is 1. The fourth-order valence-electron chi connectivity index (χ4n) is 3.58. The zero-order valence-electron chi connectivity index (χ0n) is 15.5. The van der Waals surface area contributed by atoms with Crippen LogP contribution in [-0.2, 0) is 19.4 Å². The molecule has 0 radical (unpaired) electrons. The molecule has 3 aromatic rings. The van der Waals surface area contributed by atoms with Gasteiger partial charge in [-0.05, 0) is 30.9 Å². The van der Waals surface area contributed by atoms with E-state index in [0.717, 1.165) is 24.1 Å². The van der Waals surface area contributed by atoms with Crippen molar-refractivity contribution in [3.63, 3.8) is 0 Å². The number of nitrogens with zero attached hydrogens (tertiary/aromatic N) is 6. The summed E-state index contributed by atoms with van der Waals surface area (Å²) in [5.41, 5.74) is 1.18. The molecule has 0 aromatic carbocycles. The minimum absolute atomic E-state index is 0.151. The summed E-state index contributed by atoms with van der Waals surface area (Å²) in [6, 6.07) is 4.10. The number of aryl methyl sites for hydroxylation is 1. The average molecular weight is 394 g/mol. The third-order valence-electron chi connectivity index (χ3n) is 4.85. The fourth-order valence-corrected chi connectivity index (χ4v) is 3.58. The normalized spacial score (nSPS) is 18.1. The minimum Gasteiger partial charge on any atom is -0.422 e. The molecular formula is C18H21F3N6O. The summed E-state index contributed by atoms with van der Waals surface area (Å²) in [5, 5.41) is 4.02. The molecule has 1 aliphatic heterocycles. The van der Waals surface area contributed by atoms with E-state index < -0.39 is 12.7 Å². The zero-order valence-corrected chi connectivity index (χ0v) is 15.5. The fraction of sp³-hybridized carbons (Fsp3) is 0.556. The Bertz CT molecular complexity index is 917. The van der Waals surface area contributed by atoms with Crippen LogP contribution >= 0.6 is 0 Å². The van der Waals surface area contributed by atoms with Gasteiger partial charge in [-0.2, -0.15) is 23.3 Å². The Kier molecular flexibility index (Phi) is 4.94. The van der Waals surface area contributed by atoms with Gasteiger partial charge in [-0.15, -0.1) is 0 Å². The number of fused-ring (bicyclic) bond motifs is 1. The SMILES string of the molecule is CCc1nc(CC2CCCN(c3nc4ncccc4o3)C2)n(CC(F)(F)F)n1. The van der Waals surface area contributed by atoms with Crippen molar-refractivity contribution < 1.29 is 17.6 Å². The molecule has 0 aliphatic carbocycles. The third kappa shape index (κ3) is 4.10. The van der Waals surface area contributed by atoms with Gasteiger partial charge < -0.3 is 9.32 Å². The Morgan fingerprint density at radius 2 is 2.14 bits per heavy atom. The number of aromatic nitrogens is 5. The topological polar surface area (TPSA) is 72.9 Å². The van der Waals surface area contributed by atoms with Gasteiger partial charge in [0.2, 0.25) is 5.65 Å². The van der Waals surface area contributed by atoms with Gasteiger partial charge >= 0.3 is 6.18 Å². The monoisotopic (exact) mass is 394 g/mol. The highest BCUT2D eigenvalue weighted by molar-refractivity contribution is 5.69. The smallest absolute Gasteiger partial charge is 0.408 e. The molecule has 7 nitrogen and oxygen atoms in total. The van der Waals surface area contributed by atoms with E-state index in [9.17, 15) is 13.2 Å². The van der Waals surface area contributed by atoms with E-state index in [1.54, 1.807) is 12.3 Å². The summed E-state index contributed by atoms with van der Waals surface area (Å²) in [5.74, 6) is 0.981. The summed E-state index contributed by atoms with van der Waals surface area (Å²) in [7, 11) is 0. The van der Waals surface area contributed by atoms with E-state index in [-0.39, 0.29) is 5.92 Å². The molecule has 0 bridgehead atoms. The molecule has 3 aromatic heterocycles. The molecule has 1 saturated heterocycles. The van der Waals surface area contributed by atoms with Crippen molar-refractivity contribution in [2.45, 2.75) is 45.3 Å². The molecule has 0 saturated carbocycles. The average Bonchev–Trinajstić information content (AvgIpc) is 3.25. The number of rotatable bonds is 5. The Balaban J connectivity index is 1.50. The van der Waals surface area contributed by atoms with Gasteiger partial charge in [-0.3, -0.25) is 0 Å². The first-order valence-corrected chi connectivity index (χ1v) is 9.37. The maximum absolute atomic E-state index is 12.9. The third-order valence-corrected chi connectivity index (χ3v) is 4.85. The van der Waals surface area contributed by atoms with Crippen molar-refractivity contribution in [1.82, 2.24) is 24.7 Å². The second-order valence-electron chi connectivity index (χ2n) is 7.05. The summed E-state index contributed by atoms with van der Waals surface area (Å²) in [6.45, 7) is 2.16. The first-order chi connectivity index (χ1) is 13.4. The molecule has 150 valence electrons. The van der Waals surface area contributed by atoms with Crippen molar-refractivity contribution in [3.8, 4) is 0 Å². The summed E-state index contributed by atoms with van der Waals surface area (Å²) >= 11 is 0. The second kappa shape index (κ2) is 7.40. The maximum atomic E-state index is 12.9. The molecule has 4 heterocycles. The number of alkyl halides is 3. The summed E-state index contributed by atoms with van der Waals surface area (Å²) in [4.78, 5) is 15.0. The molecular weight excluding hydrogens is 373 g/mol. The predicted octanol–water partition coefficient (Wildman–Crippen LogP) is 3.40. The Morgan fingerprint density at radius 1 is 1.29 bits per heavy atom. The van der Waals surface area contributed by atoms with Crippen LogP contribution in [0, 0.1) is 5.92 Å². The van der Waals surface area contributed by atoms with Gasteiger partial charge in [-0.25, -0.2) is 14.6 Å². The second-order valence-corrected chi connectivity index (χ2v) is 7.05. The molecule has 0 amide bonds. The lowest BCUT2D eigenvalue weighted by Gasteiger charge is -2.31. The van der Waals surface area contributed by atoms with E-state index in [1.165, 1.54) is 0 Å². The zero-order chi connectivity index (χ0) is 19.7. The minimum atomic E-state index is -4.32. The van der Waals surface area contributed by atoms with Crippen molar-refractivity contribution in [1.29, 1.82) is 0 Å².